The summed E-state index contributed by atoms with van der Waals surface area (Å²) >= 11 is 0. The summed E-state index contributed by atoms with van der Waals surface area (Å²) in [6.45, 7) is 8.84. The van der Waals surface area contributed by atoms with Gasteiger partial charge in [0, 0.05) is 32.3 Å². The molecule has 1 heterocycles. The quantitative estimate of drug-likeness (QED) is 0.715. The molecule has 0 saturated carbocycles. The zero-order valence-electron chi connectivity index (χ0n) is 10.7. The first-order valence-electron chi connectivity index (χ1n) is 6.32. The van der Waals surface area contributed by atoms with Crippen LogP contribution in [-0.4, -0.2) is 42.4 Å². The zero-order chi connectivity index (χ0) is 12.0. The van der Waals surface area contributed by atoms with Crippen LogP contribution in [0.1, 0.15) is 39.0 Å². The first-order valence-corrected chi connectivity index (χ1v) is 6.32. The molecule has 1 saturated heterocycles. The monoisotopic (exact) mass is 224 g/mol. The lowest BCUT2D eigenvalue weighted by atomic mass is 10.2. The maximum absolute atomic E-state index is 11.8. The van der Waals surface area contributed by atoms with Gasteiger partial charge in [-0.15, -0.1) is 0 Å². The normalized spacial score (nSPS) is 17.1. The van der Waals surface area contributed by atoms with Gasteiger partial charge in [-0.1, -0.05) is 19.9 Å². The van der Waals surface area contributed by atoms with E-state index in [9.17, 15) is 4.79 Å². The fourth-order valence-electron chi connectivity index (χ4n) is 2.04. The third kappa shape index (κ3) is 3.87. The molecule has 1 rings (SSSR count). The molecule has 0 aromatic heterocycles. The van der Waals surface area contributed by atoms with Gasteiger partial charge in [-0.3, -0.25) is 4.79 Å². The summed E-state index contributed by atoms with van der Waals surface area (Å²) < 4.78 is 0. The SMILES string of the molecule is C=C(CN1CCCCCC1=O)N(C)CCC. The Labute approximate surface area is 99.1 Å². The van der Waals surface area contributed by atoms with Crippen molar-refractivity contribution in [3.8, 4) is 0 Å². The van der Waals surface area contributed by atoms with Gasteiger partial charge in [-0.2, -0.15) is 0 Å². The summed E-state index contributed by atoms with van der Waals surface area (Å²) in [5.74, 6) is 0.295. The minimum Gasteiger partial charge on any atom is -0.377 e. The van der Waals surface area contributed by atoms with Crippen molar-refractivity contribution in [1.29, 1.82) is 0 Å². The third-order valence-electron chi connectivity index (χ3n) is 3.14. The highest BCUT2D eigenvalue weighted by Crippen LogP contribution is 2.13. The molecule has 16 heavy (non-hydrogen) atoms. The van der Waals surface area contributed by atoms with Crippen molar-refractivity contribution in [3.05, 3.63) is 12.3 Å². The molecule has 1 amide bonds. The Morgan fingerprint density at radius 2 is 2.19 bits per heavy atom. The molecule has 1 fully saturated rings. The molecule has 0 bridgehead atoms. The van der Waals surface area contributed by atoms with Crippen molar-refractivity contribution in [2.75, 3.05) is 26.7 Å². The smallest absolute Gasteiger partial charge is 0.222 e. The van der Waals surface area contributed by atoms with Crippen LogP contribution in [0.15, 0.2) is 12.3 Å². The van der Waals surface area contributed by atoms with Crippen LogP contribution in [0.2, 0.25) is 0 Å². The van der Waals surface area contributed by atoms with Crippen LogP contribution in [0.4, 0.5) is 0 Å². The number of rotatable bonds is 5. The average molecular weight is 224 g/mol. The van der Waals surface area contributed by atoms with E-state index in [1.165, 1.54) is 6.42 Å². The lowest BCUT2D eigenvalue weighted by Crippen LogP contribution is -2.35. The highest BCUT2D eigenvalue weighted by molar-refractivity contribution is 5.76. The van der Waals surface area contributed by atoms with Crippen molar-refractivity contribution >= 4 is 5.91 Å². The van der Waals surface area contributed by atoms with Crippen LogP contribution in [0.25, 0.3) is 0 Å². The minimum atomic E-state index is 0.295. The number of likely N-dealkylation sites (tertiary alicyclic amines) is 1. The molecule has 0 aliphatic carbocycles. The standard InChI is InChI=1S/C13H24N2O/c1-4-9-14(3)12(2)11-15-10-7-5-6-8-13(15)16/h2,4-11H2,1,3H3. The largest absolute Gasteiger partial charge is 0.377 e. The molecule has 0 N–H and O–H groups in total. The van der Waals surface area contributed by atoms with Gasteiger partial charge in [0.05, 0.1) is 6.54 Å². The van der Waals surface area contributed by atoms with Crippen molar-refractivity contribution in [2.24, 2.45) is 0 Å². The summed E-state index contributed by atoms with van der Waals surface area (Å²) in [6, 6.07) is 0. The maximum atomic E-state index is 11.8. The lowest BCUT2D eigenvalue weighted by Gasteiger charge is -2.27. The van der Waals surface area contributed by atoms with E-state index < -0.39 is 0 Å². The summed E-state index contributed by atoms with van der Waals surface area (Å²) in [4.78, 5) is 15.9. The minimum absolute atomic E-state index is 0.295. The van der Waals surface area contributed by atoms with E-state index in [0.717, 1.165) is 38.0 Å². The number of carbonyl (C=O) groups excluding carboxylic acids is 1. The number of hydrogen-bond donors (Lipinski definition) is 0. The molecule has 1 aliphatic rings. The molecule has 92 valence electrons. The molecule has 0 spiro atoms. The first kappa shape index (κ1) is 13.1. The van der Waals surface area contributed by atoms with E-state index in [0.29, 0.717) is 18.9 Å². The molecule has 0 atom stereocenters. The predicted molar refractivity (Wildman–Crippen MR) is 67.1 cm³/mol. The van der Waals surface area contributed by atoms with Crippen LogP contribution >= 0.6 is 0 Å². The fourth-order valence-corrected chi connectivity index (χ4v) is 2.04. The summed E-state index contributed by atoms with van der Waals surface area (Å²) in [6.07, 6.45) is 5.19. The van der Waals surface area contributed by atoms with Crippen molar-refractivity contribution in [1.82, 2.24) is 9.80 Å². The summed E-state index contributed by atoms with van der Waals surface area (Å²) in [5.41, 5.74) is 1.05. The molecule has 0 unspecified atom stereocenters. The van der Waals surface area contributed by atoms with Crippen LogP contribution < -0.4 is 0 Å². The number of likely N-dealkylation sites (N-methyl/N-ethyl adjacent to an activating group) is 1. The number of nitrogens with zero attached hydrogens (tertiary/aromatic N) is 2. The van der Waals surface area contributed by atoms with E-state index in [2.05, 4.69) is 18.4 Å². The second-order valence-electron chi connectivity index (χ2n) is 4.61. The fraction of sp³-hybridized carbons (Fsp3) is 0.769. The zero-order valence-corrected chi connectivity index (χ0v) is 10.7. The molecule has 3 heteroatoms. The Hall–Kier alpha value is -0.990. The lowest BCUT2D eigenvalue weighted by molar-refractivity contribution is -0.130. The van der Waals surface area contributed by atoms with Crippen molar-refractivity contribution in [2.45, 2.75) is 39.0 Å². The Kier molecular flexibility index (Phi) is 5.36. The van der Waals surface area contributed by atoms with E-state index >= 15 is 0 Å². The highest BCUT2D eigenvalue weighted by atomic mass is 16.2. The van der Waals surface area contributed by atoms with Gasteiger partial charge in [0.1, 0.15) is 0 Å². The Balaban J connectivity index is 2.44. The average Bonchev–Trinajstić information content (AvgIpc) is 2.45. The van der Waals surface area contributed by atoms with Gasteiger partial charge in [-0.25, -0.2) is 0 Å². The third-order valence-corrected chi connectivity index (χ3v) is 3.14. The molecule has 3 nitrogen and oxygen atoms in total. The molecule has 0 aromatic carbocycles. The van der Waals surface area contributed by atoms with Crippen LogP contribution in [-0.2, 0) is 4.79 Å². The van der Waals surface area contributed by atoms with E-state index in [1.807, 2.05) is 11.9 Å². The second kappa shape index (κ2) is 6.56. The van der Waals surface area contributed by atoms with Crippen molar-refractivity contribution < 1.29 is 4.79 Å². The molecule has 0 radical (unpaired) electrons. The second-order valence-corrected chi connectivity index (χ2v) is 4.61. The van der Waals surface area contributed by atoms with E-state index in [4.69, 9.17) is 0 Å². The molecule has 0 aromatic rings. The summed E-state index contributed by atoms with van der Waals surface area (Å²) in [5, 5.41) is 0. The number of carbonyl (C=O) groups is 1. The van der Waals surface area contributed by atoms with E-state index in [-0.39, 0.29) is 0 Å². The van der Waals surface area contributed by atoms with Crippen LogP contribution in [0.5, 0.6) is 0 Å². The highest BCUT2D eigenvalue weighted by Gasteiger charge is 2.17. The van der Waals surface area contributed by atoms with E-state index in [1.54, 1.807) is 0 Å². The summed E-state index contributed by atoms with van der Waals surface area (Å²) in [7, 11) is 2.05. The Bertz CT molecular complexity index is 250. The van der Waals surface area contributed by atoms with Gasteiger partial charge < -0.3 is 9.80 Å². The Morgan fingerprint density at radius 1 is 1.44 bits per heavy atom. The topological polar surface area (TPSA) is 23.6 Å². The van der Waals surface area contributed by atoms with Gasteiger partial charge >= 0.3 is 0 Å². The number of amides is 1. The maximum Gasteiger partial charge on any atom is 0.222 e. The Morgan fingerprint density at radius 3 is 2.88 bits per heavy atom. The molecular weight excluding hydrogens is 200 g/mol. The molecular formula is C13H24N2O. The van der Waals surface area contributed by atoms with Crippen molar-refractivity contribution in [3.63, 3.8) is 0 Å². The predicted octanol–water partition coefficient (Wildman–Crippen LogP) is 2.24. The van der Waals surface area contributed by atoms with Crippen LogP contribution in [0, 0.1) is 0 Å². The van der Waals surface area contributed by atoms with Crippen LogP contribution in [0.3, 0.4) is 0 Å². The van der Waals surface area contributed by atoms with Gasteiger partial charge in [0.2, 0.25) is 5.91 Å². The molecule has 1 aliphatic heterocycles. The van der Waals surface area contributed by atoms with Gasteiger partial charge in [0.15, 0.2) is 0 Å². The van der Waals surface area contributed by atoms with Gasteiger partial charge in [-0.05, 0) is 19.3 Å². The first-order chi connectivity index (χ1) is 7.65. The number of hydrogen-bond acceptors (Lipinski definition) is 2. The van der Waals surface area contributed by atoms with Gasteiger partial charge in [0.25, 0.3) is 0 Å².